The fourth-order valence-corrected chi connectivity index (χ4v) is 2.29. The van der Waals surface area contributed by atoms with Crippen LogP contribution in [0.2, 0.25) is 0 Å². The SMILES string of the molecule is COc1ccc(Nc2nccc(Nc3ccc(F)c(F)c3F)n2)cc1OC. The van der Waals surface area contributed by atoms with Crippen LogP contribution in [-0.4, -0.2) is 24.2 Å². The van der Waals surface area contributed by atoms with Crippen LogP contribution in [-0.2, 0) is 0 Å². The molecule has 0 fully saturated rings. The fraction of sp³-hybridized carbons (Fsp3) is 0.111. The van der Waals surface area contributed by atoms with E-state index in [1.54, 1.807) is 18.2 Å². The molecule has 3 rings (SSSR count). The number of anilines is 4. The molecule has 0 radical (unpaired) electrons. The summed E-state index contributed by atoms with van der Waals surface area (Å²) in [6.45, 7) is 0. The molecule has 0 aliphatic rings. The van der Waals surface area contributed by atoms with Gasteiger partial charge in [-0.3, -0.25) is 0 Å². The third-order valence-electron chi connectivity index (χ3n) is 3.59. The topological polar surface area (TPSA) is 68.3 Å². The van der Waals surface area contributed by atoms with Crippen molar-refractivity contribution in [1.82, 2.24) is 9.97 Å². The molecule has 1 aromatic heterocycles. The zero-order valence-electron chi connectivity index (χ0n) is 14.4. The molecule has 2 N–H and O–H groups in total. The fourth-order valence-electron chi connectivity index (χ4n) is 2.29. The van der Waals surface area contributed by atoms with Crippen molar-refractivity contribution in [2.45, 2.75) is 0 Å². The van der Waals surface area contributed by atoms with Gasteiger partial charge in [-0.1, -0.05) is 0 Å². The van der Waals surface area contributed by atoms with Gasteiger partial charge in [0.1, 0.15) is 5.82 Å². The third-order valence-corrected chi connectivity index (χ3v) is 3.59. The Morgan fingerprint density at radius 1 is 0.852 bits per heavy atom. The minimum atomic E-state index is -1.56. The predicted molar refractivity (Wildman–Crippen MR) is 94.5 cm³/mol. The van der Waals surface area contributed by atoms with Crippen molar-refractivity contribution >= 4 is 23.1 Å². The Kier molecular flexibility index (Phi) is 5.30. The molecule has 0 aliphatic heterocycles. The maximum Gasteiger partial charge on any atom is 0.229 e. The van der Waals surface area contributed by atoms with Crippen molar-refractivity contribution in [2.75, 3.05) is 24.9 Å². The van der Waals surface area contributed by atoms with Crippen molar-refractivity contribution in [2.24, 2.45) is 0 Å². The minimum absolute atomic E-state index is 0.192. The van der Waals surface area contributed by atoms with Crippen LogP contribution < -0.4 is 20.1 Å². The van der Waals surface area contributed by atoms with Crippen LogP contribution in [0, 0.1) is 17.5 Å². The Morgan fingerprint density at radius 2 is 1.63 bits per heavy atom. The van der Waals surface area contributed by atoms with Gasteiger partial charge in [0, 0.05) is 18.0 Å². The van der Waals surface area contributed by atoms with E-state index in [-0.39, 0.29) is 17.5 Å². The minimum Gasteiger partial charge on any atom is -0.493 e. The zero-order valence-corrected chi connectivity index (χ0v) is 14.4. The number of hydrogen-bond acceptors (Lipinski definition) is 6. The Bertz CT molecular complexity index is 969. The number of nitrogens with one attached hydrogen (secondary N) is 2. The summed E-state index contributed by atoms with van der Waals surface area (Å²) in [7, 11) is 3.04. The van der Waals surface area contributed by atoms with E-state index >= 15 is 0 Å². The molecule has 0 bridgehead atoms. The molecule has 9 heteroatoms. The first kappa shape index (κ1) is 18.3. The van der Waals surface area contributed by atoms with E-state index < -0.39 is 17.5 Å². The van der Waals surface area contributed by atoms with Gasteiger partial charge in [-0.15, -0.1) is 0 Å². The number of methoxy groups -OCH3 is 2. The van der Waals surface area contributed by atoms with E-state index in [4.69, 9.17) is 9.47 Å². The quantitative estimate of drug-likeness (QED) is 0.622. The molecule has 140 valence electrons. The Balaban J connectivity index is 1.81. The van der Waals surface area contributed by atoms with Crippen LogP contribution in [0.5, 0.6) is 11.5 Å². The molecular formula is C18H15F3N4O2. The smallest absolute Gasteiger partial charge is 0.229 e. The van der Waals surface area contributed by atoms with Gasteiger partial charge in [0.2, 0.25) is 5.95 Å². The molecule has 0 amide bonds. The van der Waals surface area contributed by atoms with Crippen molar-refractivity contribution < 1.29 is 22.6 Å². The lowest BCUT2D eigenvalue weighted by atomic mass is 10.2. The maximum atomic E-state index is 13.8. The lowest BCUT2D eigenvalue weighted by Gasteiger charge is -2.11. The van der Waals surface area contributed by atoms with Crippen LogP contribution in [0.15, 0.2) is 42.6 Å². The van der Waals surface area contributed by atoms with Gasteiger partial charge in [0.05, 0.1) is 19.9 Å². The second kappa shape index (κ2) is 7.81. The number of benzene rings is 2. The van der Waals surface area contributed by atoms with E-state index in [0.29, 0.717) is 17.2 Å². The Morgan fingerprint density at radius 3 is 2.37 bits per heavy atom. The van der Waals surface area contributed by atoms with E-state index in [0.717, 1.165) is 12.1 Å². The van der Waals surface area contributed by atoms with Crippen molar-refractivity contribution in [3.63, 3.8) is 0 Å². The van der Waals surface area contributed by atoms with Gasteiger partial charge in [-0.2, -0.15) is 4.98 Å². The number of halogens is 3. The highest BCUT2D eigenvalue weighted by Gasteiger charge is 2.14. The average molecular weight is 376 g/mol. The van der Waals surface area contributed by atoms with Crippen LogP contribution in [0.25, 0.3) is 0 Å². The van der Waals surface area contributed by atoms with Gasteiger partial charge >= 0.3 is 0 Å². The summed E-state index contributed by atoms with van der Waals surface area (Å²) in [5.74, 6) is -2.68. The third kappa shape index (κ3) is 4.02. The van der Waals surface area contributed by atoms with E-state index in [2.05, 4.69) is 20.6 Å². The molecule has 2 aromatic carbocycles. The average Bonchev–Trinajstić information content (AvgIpc) is 2.68. The Hall–Kier alpha value is -3.49. The zero-order chi connectivity index (χ0) is 19.4. The van der Waals surface area contributed by atoms with Crippen LogP contribution in [0.4, 0.5) is 36.3 Å². The number of rotatable bonds is 6. The Labute approximate surface area is 153 Å². The van der Waals surface area contributed by atoms with E-state index in [9.17, 15) is 13.2 Å². The van der Waals surface area contributed by atoms with Gasteiger partial charge in [0.25, 0.3) is 0 Å². The lowest BCUT2D eigenvalue weighted by Crippen LogP contribution is -2.03. The first-order valence-electron chi connectivity index (χ1n) is 7.74. The first-order chi connectivity index (χ1) is 13.0. The van der Waals surface area contributed by atoms with Gasteiger partial charge < -0.3 is 20.1 Å². The van der Waals surface area contributed by atoms with Crippen LogP contribution >= 0.6 is 0 Å². The lowest BCUT2D eigenvalue weighted by molar-refractivity contribution is 0.355. The highest BCUT2D eigenvalue weighted by Crippen LogP contribution is 2.31. The van der Waals surface area contributed by atoms with Gasteiger partial charge in [-0.25, -0.2) is 18.2 Å². The normalized spacial score (nSPS) is 10.4. The monoisotopic (exact) mass is 376 g/mol. The number of hydrogen-bond donors (Lipinski definition) is 2. The highest BCUT2D eigenvalue weighted by atomic mass is 19.2. The molecule has 0 saturated heterocycles. The molecule has 6 nitrogen and oxygen atoms in total. The standard InChI is InChI=1S/C18H15F3N4O2/c1-26-13-6-3-10(9-14(13)27-2)23-18-22-8-7-15(25-18)24-12-5-4-11(19)16(20)17(12)21/h3-9H,1-2H3,(H2,22,23,24,25). The molecule has 0 saturated carbocycles. The first-order valence-corrected chi connectivity index (χ1v) is 7.74. The molecule has 0 spiro atoms. The van der Waals surface area contributed by atoms with Crippen molar-refractivity contribution in [3.8, 4) is 11.5 Å². The molecule has 1 heterocycles. The number of ether oxygens (including phenoxy) is 2. The van der Waals surface area contributed by atoms with E-state index in [1.807, 2.05) is 0 Å². The van der Waals surface area contributed by atoms with Crippen molar-refractivity contribution in [3.05, 3.63) is 60.0 Å². The predicted octanol–water partition coefficient (Wildman–Crippen LogP) is 4.40. The molecule has 3 aromatic rings. The summed E-state index contributed by atoms with van der Waals surface area (Å²) in [5, 5.41) is 5.56. The molecular weight excluding hydrogens is 361 g/mol. The summed E-state index contributed by atoms with van der Waals surface area (Å²) in [5.41, 5.74) is 0.383. The highest BCUT2D eigenvalue weighted by molar-refractivity contribution is 5.62. The molecule has 0 unspecified atom stereocenters. The molecule has 0 aliphatic carbocycles. The van der Waals surface area contributed by atoms with E-state index in [1.165, 1.54) is 26.5 Å². The summed E-state index contributed by atoms with van der Waals surface area (Å²) >= 11 is 0. The van der Waals surface area contributed by atoms with Gasteiger partial charge in [0.15, 0.2) is 29.0 Å². The van der Waals surface area contributed by atoms with Crippen LogP contribution in [0.1, 0.15) is 0 Å². The summed E-state index contributed by atoms with van der Waals surface area (Å²) in [4.78, 5) is 8.23. The molecule has 27 heavy (non-hydrogen) atoms. The molecule has 0 atom stereocenters. The number of nitrogens with zero attached hydrogens (tertiary/aromatic N) is 2. The second-order valence-electron chi connectivity index (χ2n) is 5.31. The largest absolute Gasteiger partial charge is 0.493 e. The van der Waals surface area contributed by atoms with Crippen LogP contribution in [0.3, 0.4) is 0 Å². The maximum absolute atomic E-state index is 13.8. The van der Waals surface area contributed by atoms with Gasteiger partial charge in [-0.05, 0) is 30.3 Å². The van der Waals surface area contributed by atoms with Crippen molar-refractivity contribution in [1.29, 1.82) is 0 Å². The second-order valence-corrected chi connectivity index (χ2v) is 5.31. The summed E-state index contributed by atoms with van der Waals surface area (Å²) in [6, 6.07) is 8.50. The number of aromatic nitrogens is 2. The summed E-state index contributed by atoms with van der Waals surface area (Å²) in [6.07, 6.45) is 1.43. The summed E-state index contributed by atoms with van der Waals surface area (Å²) < 4.78 is 50.5.